The van der Waals surface area contributed by atoms with E-state index in [1.165, 1.54) is 12.5 Å². The second-order valence-corrected chi connectivity index (χ2v) is 7.43. The van der Waals surface area contributed by atoms with E-state index in [1.54, 1.807) is 0 Å². The molecular weight excluding hydrogens is 324 g/mol. The van der Waals surface area contributed by atoms with Crippen LogP contribution in [0.25, 0.3) is 0 Å². The van der Waals surface area contributed by atoms with Gasteiger partial charge in [0.05, 0.1) is 6.04 Å². The summed E-state index contributed by atoms with van der Waals surface area (Å²) in [6.45, 7) is 7.20. The SMILES string of the molecule is CC(=O)N[C@@H]1CN(C(=O)CCCc2ccc(Cl)cc2)C[C@H]1C(C)C. The fourth-order valence-electron chi connectivity index (χ4n) is 3.37. The molecule has 1 aromatic carbocycles. The van der Waals surface area contributed by atoms with Crippen molar-refractivity contribution in [2.24, 2.45) is 11.8 Å². The van der Waals surface area contributed by atoms with Crippen LogP contribution in [0.4, 0.5) is 0 Å². The standard InChI is InChI=1S/C19H27ClN2O2/c1-13(2)17-11-22(12-18(17)21-14(3)23)19(24)6-4-5-15-7-9-16(20)10-8-15/h7-10,13,17-18H,4-6,11-12H2,1-3H3,(H,21,23)/t17-,18+/m0/s1. The first-order valence-electron chi connectivity index (χ1n) is 8.66. The molecule has 1 saturated heterocycles. The lowest BCUT2D eigenvalue weighted by Crippen LogP contribution is -2.41. The molecule has 0 saturated carbocycles. The third kappa shape index (κ3) is 5.23. The average molecular weight is 351 g/mol. The molecular formula is C19H27ClN2O2. The van der Waals surface area contributed by atoms with Gasteiger partial charge in [-0.15, -0.1) is 0 Å². The van der Waals surface area contributed by atoms with Crippen molar-refractivity contribution >= 4 is 23.4 Å². The molecule has 1 fully saturated rings. The van der Waals surface area contributed by atoms with Crippen LogP contribution in [0.2, 0.25) is 5.02 Å². The third-order valence-electron chi connectivity index (χ3n) is 4.73. The minimum absolute atomic E-state index is 0.0253. The number of likely N-dealkylation sites (tertiary alicyclic amines) is 1. The zero-order valence-electron chi connectivity index (χ0n) is 14.7. The van der Waals surface area contributed by atoms with Crippen molar-refractivity contribution in [1.82, 2.24) is 10.2 Å². The maximum atomic E-state index is 12.5. The Bertz CT molecular complexity index is 571. The molecule has 1 heterocycles. The number of amides is 2. The van der Waals surface area contributed by atoms with E-state index in [9.17, 15) is 9.59 Å². The largest absolute Gasteiger partial charge is 0.351 e. The number of benzene rings is 1. The lowest BCUT2D eigenvalue weighted by atomic mass is 9.91. The van der Waals surface area contributed by atoms with Gasteiger partial charge in [-0.05, 0) is 36.5 Å². The Morgan fingerprint density at radius 2 is 1.92 bits per heavy atom. The van der Waals surface area contributed by atoms with Crippen molar-refractivity contribution in [3.8, 4) is 0 Å². The molecule has 132 valence electrons. The van der Waals surface area contributed by atoms with Crippen molar-refractivity contribution in [2.45, 2.75) is 46.1 Å². The molecule has 5 heteroatoms. The highest BCUT2D eigenvalue weighted by atomic mass is 35.5. The lowest BCUT2D eigenvalue weighted by Gasteiger charge is -2.21. The highest BCUT2D eigenvalue weighted by Gasteiger charge is 2.36. The number of hydrogen-bond donors (Lipinski definition) is 1. The van der Waals surface area contributed by atoms with Crippen LogP contribution >= 0.6 is 11.6 Å². The van der Waals surface area contributed by atoms with Gasteiger partial charge in [-0.25, -0.2) is 0 Å². The predicted molar refractivity (Wildman–Crippen MR) is 96.9 cm³/mol. The van der Waals surface area contributed by atoms with Crippen LogP contribution in [-0.2, 0) is 16.0 Å². The number of aryl methyl sites for hydroxylation is 1. The van der Waals surface area contributed by atoms with Crippen LogP contribution in [0.3, 0.4) is 0 Å². The summed E-state index contributed by atoms with van der Waals surface area (Å²) in [5.41, 5.74) is 1.20. The van der Waals surface area contributed by atoms with E-state index in [2.05, 4.69) is 19.2 Å². The first-order valence-corrected chi connectivity index (χ1v) is 9.04. The Morgan fingerprint density at radius 1 is 1.25 bits per heavy atom. The second-order valence-electron chi connectivity index (χ2n) is 6.99. The minimum atomic E-state index is -0.0253. The smallest absolute Gasteiger partial charge is 0.222 e. The van der Waals surface area contributed by atoms with Gasteiger partial charge in [-0.2, -0.15) is 0 Å². The number of nitrogens with one attached hydrogen (secondary N) is 1. The summed E-state index contributed by atoms with van der Waals surface area (Å²) in [5.74, 6) is 0.924. The maximum Gasteiger partial charge on any atom is 0.222 e. The van der Waals surface area contributed by atoms with E-state index in [1.807, 2.05) is 29.2 Å². The van der Waals surface area contributed by atoms with E-state index in [0.29, 0.717) is 24.8 Å². The molecule has 0 aromatic heterocycles. The zero-order valence-corrected chi connectivity index (χ0v) is 15.5. The fraction of sp³-hybridized carbons (Fsp3) is 0.579. The Labute approximate surface area is 149 Å². The van der Waals surface area contributed by atoms with Crippen molar-refractivity contribution in [1.29, 1.82) is 0 Å². The van der Waals surface area contributed by atoms with Crippen LogP contribution in [0.15, 0.2) is 24.3 Å². The first kappa shape index (κ1) is 18.8. The van der Waals surface area contributed by atoms with Crippen LogP contribution in [0.5, 0.6) is 0 Å². The zero-order chi connectivity index (χ0) is 17.7. The van der Waals surface area contributed by atoms with Gasteiger partial charge >= 0.3 is 0 Å². The quantitative estimate of drug-likeness (QED) is 0.855. The summed E-state index contributed by atoms with van der Waals surface area (Å²) >= 11 is 5.88. The molecule has 1 N–H and O–H groups in total. The summed E-state index contributed by atoms with van der Waals surface area (Å²) in [4.78, 5) is 25.8. The van der Waals surface area contributed by atoms with Crippen LogP contribution in [-0.4, -0.2) is 35.8 Å². The number of hydrogen-bond acceptors (Lipinski definition) is 2. The van der Waals surface area contributed by atoms with Crippen molar-refractivity contribution in [2.75, 3.05) is 13.1 Å². The van der Waals surface area contributed by atoms with Gasteiger partial charge in [0.1, 0.15) is 0 Å². The Hall–Kier alpha value is -1.55. The molecule has 0 aliphatic carbocycles. The van der Waals surface area contributed by atoms with E-state index in [0.717, 1.165) is 24.4 Å². The van der Waals surface area contributed by atoms with Crippen LogP contribution in [0, 0.1) is 11.8 Å². The summed E-state index contributed by atoms with van der Waals surface area (Å²) in [7, 11) is 0. The number of rotatable bonds is 6. The highest BCUT2D eigenvalue weighted by Crippen LogP contribution is 2.25. The predicted octanol–water partition coefficient (Wildman–Crippen LogP) is 3.28. The summed E-state index contributed by atoms with van der Waals surface area (Å²) in [6.07, 6.45) is 2.24. The molecule has 4 nitrogen and oxygen atoms in total. The van der Waals surface area contributed by atoms with E-state index in [4.69, 9.17) is 11.6 Å². The summed E-state index contributed by atoms with van der Waals surface area (Å²) < 4.78 is 0. The molecule has 0 spiro atoms. The van der Waals surface area contributed by atoms with Crippen molar-refractivity contribution in [3.05, 3.63) is 34.9 Å². The van der Waals surface area contributed by atoms with Crippen molar-refractivity contribution in [3.63, 3.8) is 0 Å². The van der Waals surface area contributed by atoms with Gasteiger partial charge in [0.25, 0.3) is 0 Å². The lowest BCUT2D eigenvalue weighted by molar-refractivity contribution is -0.130. The van der Waals surface area contributed by atoms with Gasteiger partial charge in [0, 0.05) is 37.4 Å². The van der Waals surface area contributed by atoms with E-state index in [-0.39, 0.29) is 17.9 Å². The van der Waals surface area contributed by atoms with E-state index >= 15 is 0 Å². The highest BCUT2D eigenvalue weighted by molar-refractivity contribution is 6.30. The number of nitrogens with zero attached hydrogens (tertiary/aromatic N) is 1. The van der Waals surface area contributed by atoms with Crippen LogP contribution < -0.4 is 5.32 Å². The van der Waals surface area contributed by atoms with Gasteiger partial charge in [-0.3, -0.25) is 9.59 Å². The summed E-state index contributed by atoms with van der Waals surface area (Å²) in [6, 6.07) is 7.84. The first-order chi connectivity index (χ1) is 11.4. The molecule has 0 bridgehead atoms. The average Bonchev–Trinajstić information content (AvgIpc) is 2.92. The van der Waals surface area contributed by atoms with Crippen LogP contribution in [0.1, 0.15) is 39.2 Å². The Kier molecular flexibility index (Phi) is 6.67. The number of carbonyl (C=O) groups is 2. The second kappa shape index (κ2) is 8.52. The monoisotopic (exact) mass is 350 g/mol. The number of halogens is 1. The Balaban J connectivity index is 1.83. The van der Waals surface area contributed by atoms with Crippen molar-refractivity contribution < 1.29 is 9.59 Å². The molecule has 2 amide bonds. The molecule has 0 radical (unpaired) electrons. The van der Waals surface area contributed by atoms with Gasteiger partial charge in [0.15, 0.2) is 0 Å². The molecule has 0 unspecified atom stereocenters. The number of carbonyl (C=O) groups excluding carboxylic acids is 2. The molecule has 1 aliphatic heterocycles. The minimum Gasteiger partial charge on any atom is -0.351 e. The molecule has 1 aromatic rings. The van der Waals surface area contributed by atoms with Gasteiger partial charge in [-0.1, -0.05) is 37.6 Å². The van der Waals surface area contributed by atoms with Gasteiger partial charge < -0.3 is 10.2 Å². The van der Waals surface area contributed by atoms with E-state index < -0.39 is 0 Å². The third-order valence-corrected chi connectivity index (χ3v) is 4.98. The normalized spacial score (nSPS) is 20.5. The Morgan fingerprint density at radius 3 is 2.50 bits per heavy atom. The summed E-state index contributed by atoms with van der Waals surface area (Å²) in [5, 5.41) is 3.73. The molecule has 1 aliphatic rings. The van der Waals surface area contributed by atoms with Gasteiger partial charge in [0.2, 0.25) is 11.8 Å². The fourth-order valence-corrected chi connectivity index (χ4v) is 3.50. The topological polar surface area (TPSA) is 49.4 Å². The molecule has 24 heavy (non-hydrogen) atoms. The molecule has 2 rings (SSSR count). The molecule has 2 atom stereocenters. The maximum absolute atomic E-state index is 12.5.